The summed E-state index contributed by atoms with van der Waals surface area (Å²) in [6.07, 6.45) is 1.25. The second kappa shape index (κ2) is 6.59. The standard InChI is InChI=1S/C16H22ClNO2/c1-11-6-12(2)9-18(8-11)10-15(19)13-4-5-16(20-3)14(17)7-13/h4-5,7,11-12H,6,8-10H2,1-3H3. The Morgan fingerprint density at radius 2 is 2.00 bits per heavy atom. The Labute approximate surface area is 125 Å². The molecule has 2 atom stereocenters. The summed E-state index contributed by atoms with van der Waals surface area (Å²) in [6, 6.07) is 5.22. The van der Waals surface area contributed by atoms with Crippen molar-refractivity contribution in [3.8, 4) is 5.75 Å². The Bertz CT molecular complexity index is 479. The Balaban J connectivity index is 2.02. The van der Waals surface area contributed by atoms with Gasteiger partial charge >= 0.3 is 0 Å². The van der Waals surface area contributed by atoms with Crippen LogP contribution in [0.25, 0.3) is 0 Å². The van der Waals surface area contributed by atoms with Gasteiger partial charge in [0, 0.05) is 18.7 Å². The fourth-order valence-electron chi connectivity index (χ4n) is 3.06. The van der Waals surface area contributed by atoms with Crippen molar-refractivity contribution in [2.45, 2.75) is 20.3 Å². The number of likely N-dealkylation sites (tertiary alicyclic amines) is 1. The van der Waals surface area contributed by atoms with Gasteiger partial charge in [-0.05, 0) is 36.5 Å². The average molecular weight is 296 g/mol. The van der Waals surface area contributed by atoms with E-state index in [0.29, 0.717) is 34.7 Å². The number of ether oxygens (including phenoxy) is 1. The van der Waals surface area contributed by atoms with E-state index >= 15 is 0 Å². The highest BCUT2D eigenvalue weighted by Crippen LogP contribution is 2.26. The van der Waals surface area contributed by atoms with Crippen LogP contribution >= 0.6 is 11.6 Å². The molecule has 0 bridgehead atoms. The van der Waals surface area contributed by atoms with Crippen molar-refractivity contribution in [2.24, 2.45) is 11.8 Å². The van der Waals surface area contributed by atoms with E-state index in [-0.39, 0.29) is 5.78 Å². The van der Waals surface area contributed by atoms with Gasteiger partial charge < -0.3 is 4.74 Å². The van der Waals surface area contributed by atoms with Gasteiger partial charge in [0.15, 0.2) is 5.78 Å². The molecule has 1 saturated heterocycles. The zero-order valence-corrected chi connectivity index (χ0v) is 13.1. The van der Waals surface area contributed by atoms with Gasteiger partial charge in [0.05, 0.1) is 18.7 Å². The van der Waals surface area contributed by atoms with Crippen LogP contribution in [0.5, 0.6) is 5.75 Å². The Morgan fingerprint density at radius 3 is 2.55 bits per heavy atom. The topological polar surface area (TPSA) is 29.5 Å². The van der Waals surface area contributed by atoms with E-state index in [0.717, 1.165) is 13.1 Å². The fraction of sp³-hybridized carbons (Fsp3) is 0.562. The molecule has 2 unspecified atom stereocenters. The van der Waals surface area contributed by atoms with Gasteiger partial charge in [-0.15, -0.1) is 0 Å². The molecule has 1 fully saturated rings. The molecule has 0 spiro atoms. The highest BCUT2D eigenvalue weighted by molar-refractivity contribution is 6.32. The van der Waals surface area contributed by atoms with Crippen molar-refractivity contribution in [3.05, 3.63) is 28.8 Å². The summed E-state index contributed by atoms with van der Waals surface area (Å²) in [7, 11) is 1.57. The molecule has 0 radical (unpaired) electrons. The lowest BCUT2D eigenvalue weighted by Crippen LogP contribution is -2.41. The largest absolute Gasteiger partial charge is 0.495 e. The first-order chi connectivity index (χ1) is 9.49. The molecule has 4 heteroatoms. The minimum Gasteiger partial charge on any atom is -0.495 e. The van der Waals surface area contributed by atoms with Crippen LogP contribution in [-0.4, -0.2) is 37.4 Å². The molecule has 1 aromatic carbocycles. The molecular weight excluding hydrogens is 274 g/mol. The maximum Gasteiger partial charge on any atom is 0.176 e. The van der Waals surface area contributed by atoms with Crippen molar-refractivity contribution < 1.29 is 9.53 Å². The first kappa shape index (κ1) is 15.3. The number of hydrogen-bond acceptors (Lipinski definition) is 3. The third-order valence-corrected chi connectivity index (χ3v) is 4.08. The van der Waals surface area contributed by atoms with Crippen LogP contribution in [-0.2, 0) is 0 Å². The molecule has 0 N–H and O–H groups in total. The van der Waals surface area contributed by atoms with Crippen molar-refractivity contribution in [1.82, 2.24) is 4.90 Å². The van der Waals surface area contributed by atoms with Crippen LogP contribution < -0.4 is 4.74 Å². The van der Waals surface area contributed by atoms with Crippen molar-refractivity contribution in [3.63, 3.8) is 0 Å². The van der Waals surface area contributed by atoms with Gasteiger partial charge in [-0.25, -0.2) is 0 Å². The van der Waals surface area contributed by atoms with E-state index in [1.165, 1.54) is 6.42 Å². The zero-order chi connectivity index (χ0) is 14.7. The summed E-state index contributed by atoms with van der Waals surface area (Å²) >= 11 is 6.07. The highest BCUT2D eigenvalue weighted by atomic mass is 35.5. The summed E-state index contributed by atoms with van der Waals surface area (Å²) in [5.74, 6) is 2.04. The van der Waals surface area contributed by atoms with Crippen LogP contribution in [0.4, 0.5) is 0 Å². The Hall–Kier alpha value is -1.06. The smallest absolute Gasteiger partial charge is 0.176 e. The number of carbonyl (C=O) groups excluding carboxylic acids is 1. The lowest BCUT2D eigenvalue weighted by atomic mass is 9.91. The molecule has 1 aliphatic heterocycles. The number of Topliss-reactive ketones (excluding diaryl/α,β-unsaturated/α-hetero) is 1. The van der Waals surface area contributed by atoms with E-state index in [2.05, 4.69) is 18.7 Å². The predicted octanol–water partition coefficient (Wildman–Crippen LogP) is 3.51. The molecule has 0 aromatic heterocycles. The lowest BCUT2D eigenvalue weighted by Gasteiger charge is -2.34. The average Bonchev–Trinajstić information content (AvgIpc) is 2.37. The zero-order valence-electron chi connectivity index (χ0n) is 12.4. The number of halogens is 1. The first-order valence-corrected chi connectivity index (χ1v) is 7.46. The van der Waals surface area contributed by atoms with E-state index in [1.54, 1.807) is 25.3 Å². The first-order valence-electron chi connectivity index (χ1n) is 7.08. The molecule has 0 amide bonds. The van der Waals surface area contributed by atoms with E-state index < -0.39 is 0 Å². The molecule has 0 saturated carbocycles. The number of carbonyl (C=O) groups is 1. The number of ketones is 1. The van der Waals surface area contributed by atoms with Crippen molar-refractivity contribution in [2.75, 3.05) is 26.7 Å². The summed E-state index contributed by atoms with van der Waals surface area (Å²) in [5, 5.41) is 0.485. The van der Waals surface area contributed by atoms with E-state index in [1.807, 2.05) is 0 Å². The summed E-state index contributed by atoms with van der Waals surface area (Å²) in [6.45, 7) is 6.96. The quantitative estimate of drug-likeness (QED) is 0.796. The number of benzene rings is 1. The number of rotatable bonds is 4. The van der Waals surface area contributed by atoms with Gasteiger partial charge in [-0.1, -0.05) is 25.4 Å². The molecular formula is C16H22ClNO2. The second-order valence-electron chi connectivity index (χ2n) is 5.91. The Morgan fingerprint density at radius 1 is 1.35 bits per heavy atom. The fourth-order valence-corrected chi connectivity index (χ4v) is 3.31. The van der Waals surface area contributed by atoms with Crippen LogP contribution in [0.3, 0.4) is 0 Å². The maximum absolute atomic E-state index is 12.3. The third-order valence-electron chi connectivity index (χ3n) is 3.79. The number of nitrogens with zero attached hydrogens (tertiary/aromatic N) is 1. The monoisotopic (exact) mass is 295 g/mol. The van der Waals surface area contributed by atoms with E-state index in [9.17, 15) is 4.79 Å². The van der Waals surface area contributed by atoms with E-state index in [4.69, 9.17) is 16.3 Å². The maximum atomic E-state index is 12.3. The SMILES string of the molecule is COc1ccc(C(=O)CN2CC(C)CC(C)C2)cc1Cl. The molecule has 1 aliphatic rings. The van der Waals surface area contributed by atoms with Crippen LogP contribution in [0.15, 0.2) is 18.2 Å². The van der Waals surface area contributed by atoms with Gasteiger partial charge in [-0.2, -0.15) is 0 Å². The molecule has 20 heavy (non-hydrogen) atoms. The van der Waals surface area contributed by atoms with Crippen LogP contribution in [0, 0.1) is 11.8 Å². The van der Waals surface area contributed by atoms with Crippen LogP contribution in [0.2, 0.25) is 5.02 Å². The minimum absolute atomic E-state index is 0.121. The number of hydrogen-bond donors (Lipinski definition) is 0. The predicted molar refractivity (Wildman–Crippen MR) is 81.7 cm³/mol. The molecule has 0 aliphatic carbocycles. The second-order valence-corrected chi connectivity index (χ2v) is 6.32. The highest BCUT2D eigenvalue weighted by Gasteiger charge is 2.23. The van der Waals surface area contributed by atoms with Crippen molar-refractivity contribution in [1.29, 1.82) is 0 Å². The van der Waals surface area contributed by atoms with Gasteiger partial charge in [0.25, 0.3) is 0 Å². The molecule has 2 rings (SSSR count). The summed E-state index contributed by atoms with van der Waals surface area (Å²) < 4.78 is 5.10. The minimum atomic E-state index is 0.121. The van der Waals surface area contributed by atoms with Gasteiger partial charge in [0.2, 0.25) is 0 Å². The van der Waals surface area contributed by atoms with Crippen molar-refractivity contribution >= 4 is 17.4 Å². The Kier molecular flexibility index (Phi) is 5.06. The number of methoxy groups -OCH3 is 1. The normalized spacial score (nSPS) is 23.6. The van der Waals surface area contributed by atoms with Gasteiger partial charge in [0.1, 0.15) is 5.75 Å². The molecule has 3 nitrogen and oxygen atoms in total. The molecule has 1 heterocycles. The molecule has 110 valence electrons. The summed E-state index contributed by atoms with van der Waals surface area (Å²) in [4.78, 5) is 14.6. The van der Waals surface area contributed by atoms with Crippen LogP contribution in [0.1, 0.15) is 30.6 Å². The number of piperidine rings is 1. The summed E-state index contributed by atoms with van der Waals surface area (Å²) in [5.41, 5.74) is 0.654. The van der Waals surface area contributed by atoms with Gasteiger partial charge in [-0.3, -0.25) is 9.69 Å². The molecule has 1 aromatic rings. The third kappa shape index (κ3) is 3.74. The lowest BCUT2D eigenvalue weighted by molar-refractivity contribution is 0.0849.